The molecule has 2 bridgehead atoms. The Labute approximate surface area is 239 Å². The fourth-order valence-corrected chi connectivity index (χ4v) is 7.29. The number of halogens is 7. The molecule has 1 saturated heterocycles. The molecule has 6 nitrogen and oxygen atoms in total. The maximum atomic E-state index is 16.7. The van der Waals surface area contributed by atoms with Gasteiger partial charge >= 0.3 is 18.4 Å². The van der Waals surface area contributed by atoms with Crippen LogP contribution in [0.15, 0.2) is 18.5 Å². The van der Waals surface area contributed by atoms with Crippen LogP contribution in [0.1, 0.15) is 85.3 Å². The minimum atomic E-state index is -4.72. The molecule has 4 fully saturated rings. The smallest absolute Gasteiger partial charge is 0.418 e. The molecule has 1 aromatic heterocycles. The topological polar surface area (TPSA) is 56.6 Å². The summed E-state index contributed by atoms with van der Waals surface area (Å²) < 4.78 is 112. The first-order chi connectivity index (χ1) is 19.1. The lowest BCUT2D eigenvalue weighted by molar-refractivity contribution is -0.395. The Morgan fingerprint density at radius 1 is 1.07 bits per heavy atom. The van der Waals surface area contributed by atoms with E-state index in [-0.39, 0.29) is 61.5 Å². The molecule has 3 atom stereocenters. The van der Waals surface area contributed by atoms with E-state index >= 15 is 4.39 Å². The van der Waals surface area contributed by atoms with Crippen molar-refractivity contribution in [2.75, 3.05) is 6.61 Å². The Kier molecular flexibility index (Phi) is 6.86. The fraction of sp³-hybridized carbons (Fsp3) is 0.724. The van der Waals surface area contributed by atoms with Gasteiger partial charge in [-0.3, -0.25) is 4.90 Å². The van der Waals surface area contributed by atoms with Crippen molar-refractivity contribution in [3.8, 4) is 5.75 Å². The SMILES string of the molecule is CC(C)n1cnc2cc(OC[C@@H]3C[C@](F)(C45CC(C(F)(F)F)(C4)C5)C[C@H](C)N3C(=O)OC(C)(C)C)cc(C(F)(F)F)c21. The van der Waals surface area contributed by atoms with Gasteiger partial charge in [0.05, 0.1) is 34.4 Å². The average molecular weight is 608 g/mol. The van der Waals surface area contributed by atoms with E-state index in [1.807, 2.05) is 0 Å². The van der Waals surface area contributed by atoms with Crippen molar-refractivity contribution in [3.63, 3.8) is 0 Å². The number of rotatable bonds is 5. The van der Waals surface area contributed by atoms with Gasteiger partial charge in [0, 0.05) is 36.4 Å². The third-order valence-corrected chi connectivity index (χ3v) is 9.18. The number of nitrogens with zero attached hydrogens (tertiary/aromatic N) is 3. The normalized spacial score (nSPS) is 31.6. The summed E-state index contributed by atoms with van der Waals surface area (Å²) in [6.45, 7) is 9.65. The predicted molar refractivity (Wildman–Crippen MR) is 140 cm³/mol. The highest BCUT2D eigenvalue weighted by molar-refractivity contribution is 5.81. The Balaban J connectivity index is 1.44. The van der Waals surface area contributed by atoms with E-state index in [4.69, 9.17) is 9.47 Å². The van der Waals surface area contributed by atoms with Gasteiger partial charge in [-0.25, -0.2) is 14.2 Å². The molecule has 1 aromatic carbocycles. The molecular formula is C29H36F7N3O3. The number of hydrogen-bond donors (Lipinski definition) is 0. The number of benzene rings is 1. The lowest BCUT2D eigenvalue weighted by Crippen LogP contribution is -2.77. The van der Waals surface area contributed by atoms with Crippen LogP contribution in [0.4, 0.5) is 35.5 Å². The zero-order valence-electron chi connectivity index (χ0n) is 24.4. The summed E-state index contributed by atoms with van der Waals surface area (Å²) in [5.74, 6) is -0.169. The molecule has 3 saturated carbocycles. The molecule has 4 aliphatic rings. The standard InChI is InChI=1S/C29H36F7N3O3/c1-16(2)38-15-37-21-8-19(7-20(22(21)38)28(31,32)33)41-11-18-10-27(30,25-12-26(13-25,14-25)29(34,35)36)9-17(3)39(18)23(40)42-24(4,5)6/h7-8,15-18H,9-14H2,1-6H3/t17-,18-,25?,26?,27-/m0/s1. The molecule has 2 heterocycles. The minimum Gasteiger partial charge on any atom is -0.491 e. The number of amides is 1. The summed E-state index contributed by atoms with van der Waals surface area (Å²) in [6, 6.07) is 0.162. The maximum absolute atomic E-state index is 16.7. The van der Waals surface area contributed by atoms with Crippen molar-refractivity contribution in [3.05, 3.63) is 24.0 Å². The number of ether oxygens (including phenoxy) is 2. The third-order valence-electron chi connectivity index (χ3n) is 9.18. The molecule has 0 unspecified atom stereocenters. The molecule has 234 valence electrons. The maximum Gasteiger partial charge on any atom is 0.418 e. The van der Waals surface area contributed by atoms with E-state index in [1.54, 1.807) is 41.5 Å². The van der Waals surface area contributed by atoms with Crippen LogP contribution in [0.25, 0.3) is 11.0 Å². The van der Waals surface area contributed by atoms with Crippen LogP contribution in [-0.4, -0.2) is 56.7 Å². The zero-order chi connectivity index (χ0) is 31.3. The second-order valence-corrected chi connectivity index (χ2v) is 13.7. The van der Waals surface area contributed by atoms with Crippen LogP contribution < -0.4 is 4.74 Å². The highest BCUT2D eigenvalue weighted by Crippen LogP contribution is 2.83. The quantitative estimate of drug-likeness (QED) is 0.321. The van der Waals surface area contributed by atoms with Gasteiger partial charge in [-0.1, -0.05) is 0 Å². The summed E-state index contributed by atoms with van der Waals surface area (Å²) in [4.78, 5) is 18.7. The number of hydrogen-bond acceptors (Lipinski definition) is 4. The second-order valence-electron chi connectivity index (χ2n) is 13.7. The van der Waals surface area contributed by atoms with Crippen LogP contribution >= 0.6 is 0 Å². The Morgan fingerprint density at radius 2 is 1.69 bits per heavy atom. The number of fused-ring (bicyclic) bond motifs is 1. The van der Waals surface area contributed by atoms with Gasteiger partial charge in [0.25, 0.3) is 0 Å². The number of aromatic nitrogens is 2. The molecule has 0 radical (unpaired) electrons. The van der Waals surface area contributed by atoms with Crippen LogP contribution in [0.2, 0.25) is 0 Å². The molecule has 2 aromatic rings. The van der Waals surface area contributed by atoms with E-state index in [9.17, 15) is 31.1 Å². The first kappa shape index (κ1) is 30.7. The van der Waals surface area contributed by atoms with E-state index < -0.39 is 58.2 Å². The summed E-state index contributed by atoms with van der Waals surface area (Å²) in [5, 5.41) is 0. The lowest BCUT2D eigenvalue weighted by atomic mass is 9.30. The molecule has 3 aliphatic carbocycles. The van der Waals surface area contributed by atoms with Crippen LogP contribution in [-0.2, 0) is 10.9 Å². The van der Waals surface area contributed by atoms with Gasteiger partial charge in [-0.15, -0.1) is 0 Å². The van der Waals surface area contributed by atoms with Crippen LogP contribution in [0.3, 0.4) is 0 Å². The highest BCUT2D eigenvalue weighted by atomic mass is 19.4. The van der Waals surface area contributed by atoms with Crippen molar-refractivity contribution < 1.29 is 45.0 Å². The Bertz CT molecular complexity index is 1360. The van der Waals surface area contributed by atoms with Gasteiger partial charge < -0.3 is 14.0 Å². The number of carbonyl (C=O) groups is 1. The largest absolute Gasteiger partial charge is 0.491 e. The van der Waals surface area contributed by atoms with Gasteiger partial charge in [0.15, 0.2) is 0 Å². The van der Waals surface area contributed by atoms with Gasteiger partial charge in [0.2, 0.25) is 0 Å². The summed E-state index contributed by atoms with van der Waals surface area (Å²) in [5.41, 5.74) is -6.90. The summed E-state index contributed by atoms with van der Waals surface area (Å²) >= 11 is 0. The van der Waals surface area contributed by atoms with E-state index in [2.05, 4.69) is 4.98 Å². The molecule has 6 rings (SSSR count). The van der Waals surface area contributed by atoms with E-state index in [0.717, 1.165) is 6.07 Å². The molecule has 1 aliphatic heterocycles. The van der Waals surface area contributed by atoms with E-state index in [0.29, 0.717) is 0 Å². The van der Waals surface area contributed by atoms with Crippen LogP contribution in [0, 0.1) is 10.8 Å². The predicted octanol–water partition coefficient (Wildman–Crippen LogP) is 8.24. The number of alkyl halides is 7. The fourth-order valence-electron chi connectivity index (χ4n) is 7.29. The Morgan fingerprint density at radius 3 is 2.21 bits per heavy atom. The van der Waals surface area contributed by atoms with Crippen LogP contribution in [0.5, 0.6) is 5.75 Å². The van der Waals surface area contributed by atoms with Crippen molar-refractivity contribution in [2.45, 2.75) is 115 Å². The third kappa shape index (κ3) is 4.88. The molecule has 13 heteroatoms. The zero-order valence-corrected chi connectivity index (χ0v) is 24.4. The molecule has 1 amide bonds. The number of likely N-dealkylation sites (tertiary alicyclic amines) is 1. The minimum absolute atomic E-state index is 0.0562. The molecule has 42 heavy (non-hydrogen) atoms. The van der Waals surface area contributed by atoms with Crippen molar-refractivity contribution in [2.24, 2.45) is 10.8 Å². The number of imidazole rings is 1. The summed E-state index contributed by atoms with van der Waals surface area (Å²) in [7, 11) is 0. The molecule has 0 N–H and O–H groups in total. The Hall–Kier alpha value is -2.73. The summed E-state index contributed by atoms with van der Waals surface area (Å²) in [6.07, 6.45) is -9.99. The second kappa shape index (κ2) is 9.38. The highest BCUT2D eigenvalue weighted by Gasteiger charge is 2.84. The molecular weight excluding hydrogens is 571 g/mol. The first-order valence-electron chi connectivity index (χ1n) is 14.1. The number of piperidine rings is 1. The lowest BCUT2D eigenvalue weighted by Gasteiger charge is -2.75. The van der Waals surface area contributed by atoms with Gasteiger partial charge in [-0.05, 0) is 66.9 Å². The molecule has 0 spiro atoms. The van der Waals surface area contributed by atoms with Crippen molar-refractivity contribution in [1.29, 1.82) is 0 Å². The monoisotopic (exact) mass is 607 g/mol. The number of carbonyl (C=O) groups excluding carboxylic acids is 1. The van der Waals surface area contributed by atoms with Gasteiger partial charge in [0.1, 0.15) is 23.6 Å². The first-order valence-corrected chi connectivity index (χ1v) is 14.1. The van der Waals surface area contributed by atoms with Crippen molar-refractivity contribution >= 4 is 17.1 Å². The van der Waals surface area contributed by atoms with Gasteiger partial charge in [-0.2, -0.15) is 26.3 Å². The van der Waals surface area contributed by atoms with Crippen molar-refractivity contribution in [1.82, 2.24) is 14.5 Å². The van der Waals surface area contributed by atoms with E-state index in [1.165, 1.54) is 21.9 Å². The average Bonchev–Trinajstić information content (AvgIpc) is 3.15.